The van der Waals surface area contributed by atoms with Crippen molar-refractivity contribution in [3.63, 3.8) is 0 Å². The molecule has 1 aliphatic rings. The molecule has 27 heavy (non-hydrogen) atoms. The number of nitrogens with zero attached hydrogens (tertiary/aromatic N) is 5. The summed E-state index contributed by atoms with van der Waals surface area (Å²) in [4.78, 5) is 10.9. The van der Waals surface area contributed by atoms with E-state index in [1.54, 1.807) is 16.4 Å². The summed E-state index contributed by atoms with van der Waals surface area (Å²) in [5.41, 5.74) is 7.88. The van der Waals surface area contributed by atoms with Crippen LogP contribution in [0.4, 0.5) is 5.82 Å². The largest absolute Gasteiger partial charge is 0.488 e. The van der Waals surface area contributed by atoms with Gasteiger partial charge in [0.25, 0.3) is 0 Å². The van der Waals surface area contributed by atoms with Crippen molar-refractivity contribution >= 4 is 17.6 Å². The van der Waals surface area contributed by atoms with Gasteiger partial charge in [-0.05, 0) is 32.0 Å². The Kier molecular flexibility index (Phi) is 6.62. The van der Waals surface area contributed by atoms with Crippen molar-refractivity contribution < 1.29 is 4.74 Å². The third kappa shape index (κ3) is 4.75. The SMILES string of the molecule is CCc1cc(Sc2nn(C)cc2OCCN)c(C)nc1N1CCN(C)CC1. The summed E-state index contributed by atoms with van der Waals surface area (Å²) < 4.78 is 7.52. The number of aromatic nitrogens is 3. The first-order valence-electron chi connectivity index (χ1n) is 9.50. The molecule has 7 nitrogen and oxygen atoms in total. The number of anilines is 1. The average molecular weight is 391 g/mol. The lowest BCUT2D eigenvalue weighted by Gasteiger charge is -2.34. The summed E-state index contributed by atoms with van der Waals surface area (Å²) in [6, 6.07) is 2.27. The van der Waals surface area contributed by atoms with Gasteiger partial charge in [-0.3, -0.25) is 4.68 Å². The molecule has 0 amide bonds. The van der Waals surface area contributed by atoms with Crippen molar-refractivity contribution in [2.75, 3.05) is 51.3 Å². The molecule has 1 aliphatic heterocycles. The van der Waals surface area contributed by atoms with Crippen molar-refractivity contribution in [1.82, 2.24) is 19.7 Å². The minimum Gasteiger partial charge on any atom is -0.488 e. The Bertz CT molecular complexity index is 770. The van der Waals surface area contributed by atoms with Crippen molar-refractivity contribution in [3.8, 4) is 5.75 Å². The minimum atomic E-state index is 0.485. The Morgan fingerprint density at radius 3 is 2.63 bits per heavy atom. The maximum absolute atomic E-state index is 5.74. The van der Waals surface area contributed by atoms with E-state index in [1.165, 1.54) is 5.56 Å². The molecular weight excluding hydrogens is 360 g/mol. The third-order valence-electron chi connectivity index (χ3n) is 4.75. The quantitative estimate of drug-likeness (QED) is 0.774. The molecule has 2 aromatic rings. The fourth-order valence-electron chi connectivity index (χ4n) is 3.16. The minimum absolute atomic E-state index is 0.485. The molecule has 0 aliphatic carbocycles. The monoisotopic (exact) mass is 390 g/mol. The third-order valence-corrected chi connectivity index (χ3v) is 5.86. The van der Waals surface area contributed by atoms with Crippen LogP contribution in [0, 0.1) is 6.92 Å². The van der Waals surface area contributed by atoms with Crippen molar-refractivity contribution in [2.45, 2.75) is 30.2 Å². The molecule has 148 valence electrons. The molecular formula is C19H30N6OS. The Balaban J connectivity index is 1.85. The zero-order valence-electron chi connectivity index (χ0n) is 16.7. The summed E-state index contributed by atoms with van der Waals surface area (Å²) in [6.07, 6.45) is 2.85. The van der Waals surface area contributed by atoms with E-state index in [2.05, 4.69) is 41.9 Å². The van der Waals surface area contributed by atoms with Crippen LogP contribution in [0.25, 0.3) is 0 Å². The molecule has 1 saturated heterocycles. The number of nitrogens with two attached hydrogens (primary N) is 1. The van der Waals surface area contributed by atoms with Gasteiger partial charge in [0.05, 0.1) is 11.9 Å². The summed E-state index contributed by atoms with van der Waals surface area (Å²) in [5.74, 6) is 1.90. The lowest BCUT2D eigenvalue weighted by Crippen LogP contribution is -2.45. The highest BCUT2D eigenvalue weighted by atomic mass is 32.2. The van der Waals surface area contributed by atoms with Gasteiger partial charge >= 0.3 is 0 Å². The lowest BCUT2D eigenvalue weighted by atomic mass is 10.1. The van der Waals surface area contributed by atoms with E-state index in [0.717, 1.165) is 59.8 Å². The van der Waals surface area contributed by atoms with Gasteiger partial charge < -0.3 is 20.3 Å². The van der Waals surface area contributed by atoms with Crippen molar-refractivity contribution in [1.29, 1.82) is 0 Å². The average Bonchev–Trinajstić information content (AvgIpc) is 3.01. The van der Waals surface area contributed by atoms with Gasteiger partial charge in [0.1, 0.15) is 12.4 Å². The number of pyridine rings is 1. The van der Waals surface area contributed by atoms with E-state index < -0.39 is 0 Å². The second-order valence-corrected chi connectivity index (χ2v) is 7.94. The fraction of sp³-hybridized carbons (Fsp3) is 0.579. The zero-order valence-corrected chi connectivity index (χ0v) is 17.6. The molecule has 8 heteroatoms. The van der Waals surface area contributed by atoms with Crippen molar-refractivity contribution in [2.24, 2.45) is 12.8 Å². The van der Waals surface area contributed by atoms with Gasteiger partial charge in [0.15, 0.2) is 10.8 Å². The number of rotatable bonds is 7. The first kappa shape index (κ1) is 20.0. The van der Waals surface area contributed by atoms with Crippen LogP contribution in [-0.2, 0) is 13.5 Å². The number of likely N-dealkylation sites (N-methyl/N-ethyl adjacent to an activating group) is 1. The molecule has 0 unspecified atom stereocenters. The first-order valence-corrected chi connectivity index (χ1v) is 10.3. The molecule has 0 atom stereocenters. The highest BCUT2D eigenvalue weighted by Crippen LogP contribution is 2.37. The summed E-state index contributed by atoms with van der Waals surface area (Å²) in [7, 11) is 4.08. The Morgan fingerprint density at radius 2 is 1.96 bits per heavy atom. The molecule has 0 spiro atoms. The second kappa shape index (κ2) is 8.95. The van der Waals surface area contributed by atoms with Crippen LogP contribution in [0.15, 0.2) is 22.2 Å². The molecule has 3 rings (SSSR count). The van der Waals surface area contributed by atoms with Gasteiger partial charge in [-0.2, -0.15) is 5.10 Å². The van der Waals surface area contributed by atoms with Crippen LogP contribution in [0.1, 0.15) is 18.2 Å². The molecule has 2 N–H and O–H groups in total. The molecule has 1 fully saturated rings. The first-order chi connectivity index (χ1) is 13.0. The van der Waals surface area contributed by atoms with Crippen LogP contribution >= 0.6 is 11.8 Å². The van der Waals surface area contributed by atoms with E-state index in [9.17, 15) is 0 Å². The Labute approximate surface area is 165 Å². The molecule has 0 radical (unpaired) electrons. The topological polar surface area (TPSA) is 72.4 Å². The van der Waals surface area contributed by atoms with Gasteiger partial charge in [-0.15, -0.1) is 0 Å². The van der Waals surface area contributed by atoms with Crippen LogP contribution in [0.5, 0.6) is 5.75 Å². The Morgan fingerprint density at radius 1 is 1.22 bits per heavy atom. The predicted octanol–water partition coefficient (Wildman–Crippen LogP) is 1.93. The predicted molar refractivity (Wildman–Crippen MR) is 110 cm³/mol. The van der Waals surface area contributed by atoms with Crippen LogP contribution in [0.2, 0.25) is 0 Å². The summed E-state index contributed by atoms with van der Waals surface area (Å²) in [6.45, 7) is 9.45. The van der Waals surface area contributed by atoms with Gasteiger partial charge in [-0.1, -0.05) is 18.7 Å². The molecule has 2 aromatic heterocycles. The molecule has 3 heterocycles. The maximum atomic E-state index is 5.74. The number of hydrogen-bond donors (Lipinski definition) is 1. The van der Waals surface area contributed by atoms with Crippen molar-refractivity contribution in [3.05, 3.63) is 23.5 Å². The lowest BCUT2D eigenvalue weighted by molar-refractivity contribution is 0.311. The van der Waals surface area contributed by atoms with Gasteiger partial charge in [0.2, 0.25) is 0 Å². The molecule has 0 bridgehead atoms. The van der Waals surface area contributed by atoms with Crippen LogP contribution in [-0.4, -0.2) is 66.0 Å². The van der Waals surface area contributed by atoms with E-state index in [-0.39, 0.29) is 0 Å². The number of aryl methyl sites for hydroxylation is 3. The maximum Gasteiger partial charge on any atom is 0.171 e. The standard InChI is InChI=1S/C19H30N6OS/c1-5-15-12-17(27-19-16(26-11-6-20)13-24(4)22-19)14(2)21-18(15)25-9-7-23(3)8-10-25/h12-13H,5-11,20H2,1-4H3. The van der Waals surface area contributed by atoms with Crippen LogP contribution < -0.4 is 15.4 Å². The smallest absolute Gasteiger partial charge is 0.171 e. The van der Waals surface area contributed by atoms with Gasteiger partial charge in [-0.25, -0.2) is 4.98 Å². The molecule has 0 saturated carbocycles. The van der Waals surface area contributed by atoms with E-state index in [1.807, 2.05) is 13.2 Å². The zero-order chi connectivity index (χ0) is 19.4. The number of hydrogen-bond acceptors (Lipinski definition) is 7. The number of piperazine rings is 1. The Hall–Kier alpha value is -1.77. The van der Waals surface area contributed by atoms with Gasteiger partial charge in [0, 0.05) is 44.7 Å². The van der Waals surface area contributed by atoms with E-state index in [0.29, 0.717) is 13.2 Å². The highest BCUT2D eigenvalue weighted by molar-refractivity contribution is 7.99. The van der Waals surface area contributed by atoms with E-state index in [4.69, 9.17) is 15.5 Å². The number of ether oxygens (including phenoxy) is 1. The normalized spacial score (nSPS) is 15.4. The molecule has 0 aromatic carbocycles. The van der Waals surface area contributed by atoms with E-state index >= 15 is 0 Å². The summed E-state index contributed by atoms with van der Waals surface area (Å²) >= 11 is 1.61. The summed E-state index contributed by atoms with van der Waals surface area (Å²) in [5, 5.41) is 5.40. The second-order valence-electron chi connectivity index (χ2n) is 6.91. The highest BCUT2D eigenvalue weighted by Gasteiger charge is 2.20. The van der Waals surface area contributed by atoms with Crippen LogP contribution in [0.3, 0.4) is 0 Å². The fourth-order valence-corrected chi connectivity index (χ4v) is 4.14.